The van der Waals surface area contributed by atoms with Gasteiger partial charge in [-0.3, -0.25) is 14.9 Å². The zero-order valence-electron chi connectivity index (χ0n) is 16.8. The Morgan fingerprint density at radius 3 is 2.48 bits per heavy atom. The molecule has 2 aliphatic rings. The summed E-state index contributed by atoms with van der Waals surface area (Å²) in [4.78, 5) is 49.2. The van der Waals surface area contributed by atoms with E-state index in [0.29, 0.717) is 11.7 Å². The van der Waals surface area contributed by atoms with E-state index in [1.54, 1.807) is 18.2 Å². The Bertz CT molecular complexity index is 1110. The lowest BCUT2D eigenvalue weighted by Crippen LogP contribution is -3.20. The SMILES string of the molecule is Cc1ccc(NC(=S)NCc2ccc3c(c2)C(=O)[NH+](C2CCC(=O)NC2=O)C3=O)cc1. The number of fused-ring (bicyclic) bond motifs is 1. The lowest BCUT2D eigenvalue weighted by atomic mass is 10.0. The van der Waals surface area contributed by atoms with E-state index in [0.717, 1.165) is 16.8 Å². The lowest BCUT2D eigenvalue weighted by Gasteiger charge is -2.23. The fourth-order valence-electron chi connectivity index (χ4n) is 3.76. The van der Waals surface area contributed by atoms with Gasteiger partial charge in [0, 0.05) is 25.1 Å². The number of benzene rings is 2. The number of carbonyl (C=O) groups excluding carboxylic acids is 4. The molecule has 0 saturated carbocycles. The highest BCUT2D eigenvalue weighted by atomic mass is 32.1. The fourth-order valence-corrected chi connectivity index (χ4v) is 3.95. The normalized spacial score (nSPS) is 20.3. The molecule has 0 aromatic heterocycles. The molecule has 4 rings (SSSR count). The molecule has 4 amide bonds. The first-order valence-electron chi connectivity index (χ1n) is 9.88. The summed E-state index contributed by atoms with van der Waals surface area (Å²) in [5.74, 6) is -1.86. The molecule has 1 saturated heterocycles. The molecule has 2 unspecified atom stereocenters. The van der Waals surface area contributed by atoms with Crippen LogP contribution in [0.5, 0.6) is 0 Å². The van der Waals surface area contributed by atoms with Crippen LogP contribution in [-0.4, -0.2) is 34.8 Å². The standard InChI is InChI=1S/C22H20N4O4S/c1-12-2-5-14(6-3-12)24-22(31)23-11-13-4-7-15-16(10-13)21(30)26(20(15)29)17-8-9-18(27)25-19(17)28/h2-7,10,17H,8-9,11H2,1H3,(H2,23,24,31)(H,25,27,28)/p+1. The molecule has 0 spiro atoms. The number of carbonyl (C=O) groups is 4. The zero-order valence-corrected chi connectivity index (χ0v) is 17.6. The topological polar surface area (TPSA) is 109 Å². The summed E-state index contributed by atoms with van der Waals surface area (Å²) in [7, 11) is 0. The van der Waals surface area contributed by atoms with Crippen LogP contribution in [0.4, 0.5) is 5.69 Å². The molecular weight excluding hydrogens is 416 g/mol. The number of rotatable bonds is 4. The van der Waals surface area contributed by atoms with Crippen molar-refractivity contribution in [3.8, 4) is 0 Å². The van der Waals surface area contributed by atoms with Gasteiger partial charge in [-0.05, 0) is 49.0 Å². The first-order valence-corrected chi connectivity index (χ1v) is 10.3. The summed E-state index contributed by atoms with van der Waals surface area (Å²) in [6.45, 7) is 2.36. The van der Waals surface area contributed by atoms with Gasteiger partial charge in [0.05, 0.1) is 11.1 Å². The van der Waals surface area contributed by atoms with Crippen molar-refractivity contribution >= 4 is 46.6 Å². The molecule has 2 atom stereocenters. The lowest BCUT2D eigenvalue weighted by molar-refractivity contribution is -0.741. The van der Waals surface area contributed by atoms with Gasteiger partial charge in [-0.1, -0.05) is 23.8 Å². The number of piperidine rings is 1. The van der Waals surface area contributed by atoms with E-state index in [1.165, 1.54) is 0 Å². The second-order valence-corrected chi connectivity index (χ2v) is 8.04. The highest BCUT2D eigenvalue weighted by Gasteiger charge is 2.50. The van der Waals surface area contributed by atoms with Crippen molar-refractivity contribution in [2.45, 2.75) is 32.4 Å². The minimum absolute atomic E-state index is 0.0540. The van der Waals surface area contributed by atoms with Crippen molar-refractivity contribution in [2.24, 2.45) is 0 Å². The van der Waals surface area contributed by atoms with Crippen LogP contribution in [0.15, 0.2) is 42.5 Å². The van der Waals surface area contributed by atoms with E-state index >= 15 is 0 Å². The van der Waals surface area contributed by atoms with Crippen molar-refractivity contribution in [1.82, 2.24) is 10.6 Å². The highest BCUT2D eigenvalue weighted by molar-refractivity contribution is 7.80. The molecule has 9 heteroatoms. The van der Waals surface area contributed by atoms with E-state index < -0.39 is 23.8 Å². The Hall–Kier alpha value is -3.43. The molecule has 8 nitrogen and oxygen atoms in total. The molecule has 0 bridgehead atoms. The van der Waals surface area contributed by atoms with E-state index in [1.807, 2.05) is 31.2 Å². The van der Waals surface area contributed by atoms with Gasteiger partial charge in [-0.25, -0.2) is 9.59 Å². The maximum absolute atomic E-state index is 12.9. The third-order valence-corrected chi connectivity index (χ3v) is 5.66. The molecule has 2 aromatic carbocycles. The Kier molecular flexibility index (Phi) is 5.62. The van der Waals surface area contributed by atoms with Crippen LogP contribution in [0.25, 0.3) is 0 Å². The first kappa shape index (κ1) is 20.8. The van der Waals surface area contributed by atoms with Crippen molar-refractivity contribution in [3.05, 3.63) is 64.7 Å². The number of anilines is 1. The van der Waals surface area contributed by atoms with Gasteiger partial charge in [-0.15, -0.1) is 0 Å². The van der Waals surface area contributed by atoms with Crippen LogP contribution in [0.3, 0.4) is 0 Å². The summed E-state index contributed by atoms with van der Waals surface area (Å²) < 4.78 is 0. The second-order valence-electron chi connectivity index (χ2n) is 7.63. The highest BCUT2D eigenvalue weighted by Crippen LogP contribution is 2.17. The predicted molar refractivity (Wildman–Crippen MR) is 116 cm³/mol. The smallest absolute Gasteiger partial charge is 0.353 e. The van der Waals surface area contributed by atoms with Crippen LogP contribution >= 0.6 is 12.2 Å². The molecule has 1 fully saturated rings. The molecule has 2 heterocycles. The van der Waals surface area contributed by atoms with Crippen LogP contribution < -0.4 is 20.9 Å². The van der Waals surface area contributed by atoms with Gasteiger partial charge < -0.3 is 10.6 Å². The number of imide groups is 2. The quantitative estimate of drug-likeness (QED) is 0.407. The number of hydrogen-bond acceptors (Lipinski definition) is 5. The largest absolute Gasteiger partial charge is 0.358 e. The molecule has 31 heavy (non-hydrogen) atoms. The Morgan fingerprint density at radius 2 is 1.77 bits per heavy atom. The van der Waals surface area contributed by atoms with Crippen LogP contribution in [-0.2, 0) is 16.1 Å². The summed E-state index contributed by atoms with van der Waals surface area (Å²) in [5.41, 5.74) is 3.35. The minimum Gasteiger partial charge on any atom is -0.358 e. The molecular formula is C22H21N4O4S+. The monoisotopic (exact) mass is 437 g/mol. The molecule has 4 N–H and O–H groups in total. The summed E-state index contributed by atoms with van der Waals surface area (Å²) >= 11 is 5.32. The maximum Gasteiger partial charge on any atom is 0.353 e. The van der Waals surface area contributed by atoms with Gasteiger partial charge in [-0.2, -0.15) is 4.90 Å². The second kappa shape index (κ2) is 8.37. The number of nitrogens with one attached hydrogen (secondary N) is 4. The number of hydrogen-bond donors (Lipinski definition) is 4. The Balaban J connectivity index is 1.43. The van der Waals surface area contributed by atoms with Crippen molar-refractivity contribution in [3.63, 3.8) is 0 Å². The summed E-state index contributed by atoms with van der Waals surface area (Å²) in [6.07, 6.45) is 0.274. The first-order chi connectivity index (χ1) is 14.8. The Morgan fingerprint density at radius 1 is 1.06 bits per heavy atom. The van der Waals surface area contributed by atoms with Crippen LogP contribution in [0, 0.1) is 6.92 Å². The minimum atomic E-state index is -0.891. The van der Waals surface area contributed by atoms with Gasteiger partial charge >= 0.3 is 11.8 Å². The maximum atomic E-state index is 12.9. The fraction of sp³-hybridized carbons (Fsp3) is 0.227. The van der Waals surface area contributed by atoms with Gasteiger partial charge in [0.25, 0.3) is 5.91 Å². The summed E-state index contributed by atoms with van der Waals surface area (Å²) in [6, 6.07) is 11.9. The third-order valence-electron chi connectivity index (χ3n) is 5.41. The Labute approximate surface area is 184 Å². The van der Waals surface area contributed by atoms with E-state index in [4.69, 9.17) is 12.2 Å². The molecule has 2 aliphatic heterocycles. The molecule has 0 radical (unpaired) electrons. The van der Waals surface area contributed by atoms with Crippen molar-refractivity contribution < 1.29 is 24.1 Å². The van der Waals surface area contributed by atoms with Crippen molar-refractivity contribution in [2.75, 3.05) is 5.32 Å². The zero-order chi connectivity index (χ0) is 22.1. The molecule has 0 aliphatic carbocycles. The number of quaternary nitrogens is 1. The number of aryl methyl sites for hydroxylation is 1. The van der Waals surface area contributed by atoms with E-state index in [-0.39, 0.29) is 34.8 Å². The average molecular weight is 438 g/mol. The van der Waals surface area contributed by atoms with Gasteiger partial charge in [0.1, 0.15) is 0 Å². The average Bonchev–Trinajstić information content (AvgIpc) is 2.98. The molecule has 158 valence electrons. The predicted octanol–water partition coefficient (Wildman–Crippen LogP) is 0.466. The van der Waals surface area contributed by atoms with Gasteiger partial charge in [0.15, 0.2) is 11.2 Å². The molecule has 2 aromatic rings. The van der Waals surface area contributed by atoms with E-state index in [9.17, 15) is 19.2 Å². The number of amides is 4. The third kappa shape index (κ3) is 4.23. The van der Waals surface area contributed by atoms with E-state index in [2.05, 4.69) is 16.0 Å². The van der Waals surface area contributed by atoms with Crippen LogP contribution in [0.2, 0.25) is 0 Å². The van der Waals surface area contributed by atoms with Gasteiger partial charge in [0.2, 0.25) is 5.91 Å². The number of thiocarbonyl (C=S) groups is 1. The van der Waals surface area contributed by atoms with Crippen molar-refractivity contribution in [1.29, 1.82) is 0 Å². The van der Waals surface area contributed by atoms with Crippen LogP contribution in [0.1, 0.15) is 44.7 Å². The summed E-state index contributed by atoms with van der Waals surface area (Å²) in [5, 5.41) is 8.81.